The number of hydrogen-bond donors (Lipinski definition) is 1. The van der Waals surface area contributed by atoms with Crippen molar-refractivity contribution < 1.29 is 9.90 Å². The normalized spacial score (nSPS) is 16.3. The maximum Gasteiger partial charge on any atom is 0.303 e. The second-order valence-corrected chi connectivity index (χ2v) is 3.68. The molecule has 0 aromatic carbocycles. The molecule has 0 radical (unpaired) electrons. The first-order chi connectivity index (χ1) is 4.57. The highest BCUT2D eigenvalue weighted by Crippen LogP contribution is 2.18. The third-order valence-corrected chi connectivity index (χ3v) is 3.05. The quantitative estimate of drug-likeness (QED) is 0.721. The zero-order chi connectivity index (χ0) is 8.15. The number of rotatable bonds is 4. The van der Waals surface area contributed by atoms with E-state index in [0.29, 0.717) is 4.83 Å². The van der Waals surface area contributed by atoms with Gasteiger partial charge in [-0.25, -0.2) is 0 Å². The Kier molecular flexibility index (Phi) is 4.69. The van der Waals surface area contributed by atoms with Crippen LogP contribution >= 0.6 is 15.9 Å². The van der Waals surface area contributed by atoms with Gasteiger partial charge in [-0.2, -0.15) is 0 Å². The zero-order valence-corrected chi connectivity index (χ0v) is 7.89. The Balaban J connectivity index is 3.61. The molecule has 0 aliphatic heterocycles. The summed E-state index contributed by atoms with van der Waals surface area (Å²) in [5, 5.41) is 8.41. The minimum atomic E-state index is -0.717. The van der Waals surface area contributed by atoms with E-state index in [1.54, 1.807) is 0 Å². The average molecular weight is 209 g/mol. The molecule has 60 valence electrons. The molecule has 0 saturated heterocycles. The smallest absolute Gasteiger partial charge is 0.303 e. The van der Waals surface area contributed by atoms with Gasteiger partial charge in [-0.05, 0) is 12.3 Å². The summed E-state index contributed by atoms with van der Waals surface area (Å²) < 4.78 is 0. The predicted octanol–water partition coefficient (Wildman–Crippen LogP) is 2.27. The van der Waals surface area contributed by atoms with E-state index in [4.69, 9.17) is 5.11 Å². The molecule has 0 aliphatic rings. The molecule has 0 heterocycles. The van der Waals surface area contributed by atoms with Gasteiger partial charge in [-0.3, -0.25) is 4.79 Å². The third kappa shape index (κ3) is 3.88. The lowest BCUT2D eigenvalue weighted by atomic mass is 10.0. The van der Waals surface area contributed by atoms with Crippen molar-refractivity contribution in [3.63, 3.8) is 0 Å². The number of halogens is 1. The number of carboxylic acids is 1. The Labute approximate surface area is 69.8 Å². The highest BCUT2D eigenvalue weighted by Gasteiger charge is 2.14. The van der Waals surface area contributed by atoms with Crippen molar-refractivity contribution in [3.05, 3.63) is 0 Å². The van der Waals surface area contributed by atoms with Gasteiger partial charge in [0.05, 0.1) is 0 Å². The van der Waals surface area contributed by atoms with Crippen molar-refractivity contribution in [1.29, 1.82) is 0 Å². The van der Waals surface area contributed by atoms with Crippen LogP contribution in [0.2, 0.25) is 0 Å². The number of alkyl halides is 1. The summed E-state index contributed by atoms with van der Waals surface area (Å²) in [4.78, 5) is 10.5. The van der Waals surface area contributed by atoms with Crippen LogP contribution in [0.1, 0.15) is 26.7 Å². The number of aliphatic carboxylic acids is 1. The van der Waals surface area contributed by atoms with E-state index in [9.17, 15) is 4.79 Å². The molecule has 0 amide bonds. The van der Waals surface area contributed by atoms with Gasteiger partial charge in [-0.15, -0.1) is 0 Å². The fraction of sp³-hybridized carbons (Fsp3) is 0.857. The van der Waals surface area contributed by atoms with Gasteiger partial charge < -0.3 is 5.11 Å². The SMILES string of the molecule is CCC(Br)C(C)CC(=O)O. The van der Waals surface area contributed by atoms with E-state index in [1.165, 1.54) is 0 Å². The molecule has 0 aromatic rings. The van der Waals surface area contributed by atoms with Crippen LogP contribution in [-0.2, 0) is 4.79 Å². The summed E-state index contributed by atoms with van der Waals surface area (Å²) in [5.41, 5.74) is 0. The Hall–Kier alpha value is -0.0500. The van der Waals surface area contributed by atoms with Gasteiger partial charge >= 0.3 is 5.97 Å². The number of carboxylic acid groups (broad SMARTS) is 1. The largest absolute Gasteiger partial charge is 0.481 e. The van der Waals surface area contributed by atoms with E-state index in [2.05, 4.69) is 15.9 Å². The maximum atomic E-state index is 10.2. The molecular formula is C7H13BrO2. The summed E-state index contributed by atoms with van der Waals surface area (Å²) in [6.45, 7) is 3.98. The Morgan fingerprint density at radius 2 is 2.20 bits per heavy atom. The summed E-state index contributed by atoms with van der Waals surface area (Å²) in [7, 11) is 0. The Bertz CT molecular complexity index is 114. The van der Waals surface area contributed by atoms with E-state index < -0.39 is 5.97 Å². The summed E-state index contributed by atoms with van der Waals surface area (Å²) >= 11 is 3.41. The summed E-state index contributed by atoms with van der Waals surface area (Å²) in [5.74, 6) is -0.493. The van der Waals surface area contributed by atoms with Gasteiger partial charge in [0.1, 0.15) is 0 Å². The monoisotopic (exact) mass is 208 g/mol. The van der Waals surface area contributed by atoms with Crippen molar-refractivity contribution in [3.8, 4) is 0 Å². The molecule has 0 bridgehead atoms. The molecule has 1 N–H and O–H groups in total. The van der Waals surface area contributed by atoms with Crippen molar-refractivity contribution in [2.24, 2.45) is 5.92 Å². The maximum absolute atomic E-state index is 10.2. The lowest BCUT2D eigenvalue weighted by Crippen LogP contribution is -2.13. The van der Waals surface area contributed by atoms with E-state index >= 15 is 0 Å². The van der Waals surface area contributed by atoms with Crippen molar-refractivity contribution in [2.45, 2.75) is 31.5 Å². The van der Waals surface area contributed by atoms with Gasteiger partial charge in [0.25, 0.3) is 0 Å². The Morgan fingerprint density at radius 3 is 2.50 bits per heavy atom. The van der Waals surface area contributed by atoms with Crippen LogP contribution in [0.4, 0.5) is 0 Å². The molecule has 2 nitrogen and oxygen atoms in total. The van der Waals surface area contributed by atoms with Crippen LogP contribution in [0.5, 0.6) is 0 Å². The van der Waals surface area contributed by atoms with Gasteiger partial charge in [0.2, 0.25) is 0 Å². The molecule has 2 atom stereocenters. The lowest BCUT2D eigenvalue weighted by molar-refractivity contribution is -0.137. The van der Waals surface area contributed by atoms with Gasteiger partial charge in [0, 0.05) is 11.2 Å². The van der Waals surface area contributed by atoms with Crippen LogP contribution in [0.3, 0.4) is 0 Å². The molecule has 2 unspecified atom stereocenters. The fourth-order valence-corrected chi connectivity index (χ4v) is 0.993. The van der Waals surface area contributed by atoms with E-state index in [-0.39, 0.29) is 12.3 Å². The van der Waals surface area contributed by atoms with Crippen molar-refractivity contribution in [1.82, 2.24) is 0 Å². The van der Waals surface area contributed by atoms with Crippen LogP contribution in [-0.4, -0.2) is 15.9 Å². The first-order valence-corrected chi connectivity index (χ1v) is 4.35. The summed E-state index contributed by atoms with van der Waals surface area (Å²) in [6.07, 6.45) is 1.23. The molecule has 0 spiro atoms. The molecule has 0 fully saturated rings. The molecule has 0 aromatic heterocycles. The minimum Gasteiger partial charge on any atom is -0.481 e. The highest BCUT2D eigenvalue weighted by atomic mass is 79.9. The molecule has 10 heavy (non-hydrogen) atoms. The van der Waals surface area contributed by atoms with Crippen molar-refractivity contribution in [2.75, 3.05) is 0 Å². The third-order valence-electron chi connectivity index (χ3n) is 1.50. The van der Waals surface area contributed by atoms with Crippen LogP contribution in [0.15, 0.2) is 0 Å². The topological polar surface area (TPSA) is 37.3 Å². The van der Waals surface area contributed by atoms with Gasteiger partial charge in [0.15, 0.2) is 0 Å². The predicted molar refractivity (Wildman–Crippen MR) is 44.4 cm³/mol. The van der Waals surface area contributed by atoms with Crippen LogP contribution in [0, 0.1) is 5.92 Å². The molecule has 0 aliphatic carbocycles. The molecule has 3 heteroatoms. The lowest BCUT2D eigenvalue weighted by Gasteiger charge is -2.13. The van der Waals surface area contributed by atoms with Crippen LogP contribution in [0.25, 0.3) is 0 Å². The minimum absolute atomic E-state index is 0.225. The fourth-order valence-electron chi connectivity index (χ4n) is 0.806. The average Bonchev–Trinajstić information content (AvgIpc) is 1.85. The summed E-state index contributed by atoms with van der Waals surface area (Å²) in [6, 6.07) is 0. The standard InChI is InChI=1S/C7H13BrO2/c1-3-6(8)5(2)4-7(9)10/h5-6H,3-4H2,1-2H3,(H,9,10). The number of hydrogen-bond acceptors (Lipinski definition) is 1. The molecular weight excluding hydrogens is 196 g/mol. The second-order valence-electron chi connectivity index (χ2n) is 2.50. The van der Waals surface area contributed by atoms with Crippen LogP contribution < -0.4 is 0 Å². The number of carbonyl (C=O) groups is 1. The zero-order valence-electron chi connectivity index (χ0n) is 6.30. The molecule has 0 rings (SSSR count). The molecule has 0 saturated carbocycles. The highest BCUT2D eigenvalue weighted by molar-refractivity contribution is 9.09. The second kappa shape index (κ2) is 4.72. The van der Waals surface area contributed by atoms with E-state index in [1.807, 2.05) is 13.8 Å². The first-order valence-electron chi connectivity index (χ1n) is 3.43. The first kappa shape index (κ1) is 9.95. The Morgan fingerprint density at radius 1 is 1.70 bits per heavy atom. The van der Waals surface area contributed by atoms with Crippen molar-refractivity contribution >= 4 is 21.9 Å². The van der Waals surface area contributed by atoms with E-state index in [0.717, 1.165) is 6.42 Å². The van der Waals surface area contributed by atoms with Gasteiger partial charge in [-0.1, -0.05) is 29.8 Å².